The lowest BCUT2D eigenvalue weighted by atomic mass is 10.0. The second-order valence-corrected chi connectivity index (χ2v) is 11.3. The molecule has 0 unspecified atom stereocenters. The van der Waals surface area contributed by atoms with E-state index in [9.17, 15) is 4.79 Å². The zero-order valence-corrected chi connectivity index (χ0v) is 24.3. The van der Waals surface area contributed by atoms with Crippen LogP contribution in [0.25, 0.3) is 0 Å². The third-order valence-corrected chi connectivity index (χ3v) is 7.72. The molecule has 0 fully saturated rings. The van der Waals surface area contributed by atoms with Crippen LogP contribution in [-0.4, -0.2) is 16.4 Å². The first kappa shape index (κ1) is 33.9. The summed E-state index contributed by atoms with van der Waals surface area (Å²) < 4.78 is 0. The fraction of sp³-hybridized carbons (Fsp3) is 0.967. The van der Waals surface area contributed by atoms with E-state index in [0.717, 1.165) is 12.8 Å². The first-order valence-corrected chi connectivity index (χ1v) is 16.4. The van der Waals surface area contributed by atoms with Crippen molar-refractivity contribution in [3.05, 3.63) is 0 Å². The Morgan fingerprint density at radius 3 is 0.824 bits per heavy atom. The Morgan fingerprint density at radius 1 is 0.412 bits per heavy atom. The summed E-state index contributed by atoms with van der Waals surface area (Å²) in [5, 5.41) is 9.61. The Labute approximate surface area is 222 Å². The molecule has 0 radical (unpaired) electrons. The van der Waals surface area contributed by atoms with Crippen molar-refractivity contribution < 1.29 is 10.0 Å². The van der Waals surface area contributed by atoms with E-state index in [1.54, 1.807) is 5.48 Å². The molecule has 34 heavy (non-hydrogen) atoms. The summed E-state index contributed by atoms with van der Waals surface area (Å²) in [5.74, 6) is -0.256. The average molecular weight is 547 g/mol. The SMILES string of the molecule is O=C(CCCCCCCCCCCCCCCCCCCCCCCCCCCCCBr)NO. The molecule has 0 aliphatic carbocycles. The van der Waals surface area contributed by atoms with E-state index in [0.29, 0.717) is 6.42 Å². The van der Waals surface area contributed by atoms with Gasteiger partial charge in [-0.25, -0.2) is 5.48 Å². The van der Waals surface area contributed by atoms with Gasteiger partial charge in [-0.1, -0.05) is 176 Å². The highest BCUT2D eigenvalue weighted by Gasteiger charge is 1.99. The van der Waals surface area contributed by atoms with E-state index >= 15 is 0 Å². The van der Waals surface area contributed by atoms with Gasteiger partial charge >= 0.3 is 0 Å². The normalized spacial score (nSPS) is 11.2. The average Bonchev–Trinajstić information content (AvgIpc) is 2.85. The summed E-state index contributed by atoms with van der Waals surface area (Å²) in [5.41, 5.74) is 1.70. The van der Waals surface area contributed by atoms with E-state index < -0.39 is 0 Å². The molecule has 0 aromatic carbocycles. The molecule has 0 saturated heterocycles. The van der Waals surface area contributed by atoms with Crippen LogP contribution in [-0.2, 0) is 4.79 Å². The molecule has 4 heteroatoms. The van der Waals surface area contributed by atoms with Crippen molar-refractivity contribution in [3.63, 3.8) is 0 Å². The van der Waals surface area contributed by atoms with E-state index in [1.165, 1.54) is 166 Å². The lowest BCUT2D eigenvalue weighted by Gasteiger charge is -2.04. The number of rotatable bonds is 29. The van der Waals surface area contributed by atoms with Gasteiger partial charge in [0.25, 0.3) is 0 Å². The fourth-order valence-corrected chi connectivity index (χ4v) is 5.25. The number of amides is 1. The second kappa shape index (κ2) is 30.9. The molecular formula is C30H60BrNO2. The molecule has 2 N–H and O–H groups in total. The smallest absolute Gasteiger partial charge is 0.243 e. The standard InChI is InChI=1S/C30H60BrNO2/c31-29-27-25-23-21-19-17-15-13-11-9-7-5-3-1-2-4-6-8-10-12-14-16-18-20-22-24-26-28-30(33)32-34/h34H,1-29H2,(H,32,33). The molecule has 0 aromatic rings. The lowest BCUT2D eigenvalue weighted by molar-refractivity contribution is -0.129. The van der Waals surface area contributed by atoms with Crippen LogP contribution in [0.5, 0.6) is 0 Å². The zero-order chi connectivity index (χ0) is 24.8. The molecule has 0 bridgehead atoms. The van der Waals surface area contributed by atoms with Gasteiger partial charge in [-0.2, -0.15) is 0 Å². The van der Waals surface area contributed by atoms with Crippen molar-refractivity contribution in [2.75, 3.05) is 5.33 Å². The molecule has 0 aromatic heterocycles. The van der Waals surface area contributed by atoms with Gasteiger partial charge in [0.1, 0.15) is 0 Å². The Kier molecular flexibility index (Phi) is 30.9. The largest absolute Gasteiger partial charge is 0.289 e. The minimum Gasteiger partial charge on any atom is -0.289 e. The van der Waals surface area contributed by atoms with Crippen LogP contribution in [0.1, 0.15) is 180 Å². The molecule has 0 saturated carbocycles. The summed E-state index contributed by atoms with van der Waals surface area (Å²) >= 11 is 3.51. The maximum atomic E-state index is 10.9. The Balaban J connectivity index is 3.02. The van der Waals surface area contributed by atoms with Crippen LogP contribution >= 0.6 is 15.9 Å². The van der Waals surface area contributed by atoms with Crippen LogP contribution in [0.15, 0.2) is 0 Å². The molecule has 0 aliphatic heterocycles. The first-order chi connectivity index (χ1) is 16.8. The minimum absolute atomic E-state index is 0.256. The predicted molar refractivity (Wildman–Crippen MR) is 153 cm³/mol. The summed E-state index contributed by atoms with van der Waals surface area (Å²) in [6.07, 6.45) is 38.0. The van der Waals surface area contributed by atoms with Crippen molar-refractivity contribution >= 4 is 21.8 Å². The Morgan fingerprint density at radius 2 is 0.618 bits per heavy atom. The van der Waals surface area contributed by atoms with Crippen molar-refractivity contribution in [1.29, 1.82) is 0 Å². The van der Waals surface area contributed by atoms with Gasteiger partial charge in [0.2, 0.25) is 5.91 Å². The number of halogens is 1. The van der Waals surface area contributed by atoms with E-state index in [4.69, 9.17) is 5.21 Å². The molecule has 0 heterocycles. The number of alkyl halides is 1. The Hall–Kier alpha value is -0.0900. The van der Waals surface area contributed by atoms with Crippen LogP contribution in [0.3, 0.4) is 0 Å². The van der Waals surface area contributed by atoms with E-state index in [-0.39, 0.29) is 5.91 Å². The van der Waals surface area contributed by atoms with Crippen LogP contribution < -0.4 is 5.48 Å². The molecule has 0 aliphatic rings. The lowest BCUT2D eigenvalue weighted by Crippen LogP contribution is -2.17. The molecule has 3 nitrogen and oxygen atoms in total. The van der Waals surface area contributed by atoms with Crippen LogP contribution in [0.2, 0.25) is 0 Å². The minimum atomic E-state index is -0.256. The number of hydrogen-bond donors (Lipinski definition) is 2. The zero-order valence-electron chi connectivity index (χ0n) is 22.7. The molecule has 0 rings (SSSR count). The first-order valence-electron chi connectivity index (χ1n) is 15.3. The van der Waals surface area contributed by atoms with Gasteiger partial charge in [0.15, 0.2) is 0 Å². The molecular weight excluding hydrogens is 486 g/mol. The molecule has 204 valence electrons. The van der Waals surface area contributed by atoms with Crippen molar-refractivity contribution in [2.45, 2.75) is 180 Å². The van der Waals surface area contributed by atoms with Crippen molar-refractivity contribution in [2.24, 2.45) is 0 Å². The number of carbonyl (C=O) groups is 1. The summed E-state index contributed by atoms with van der Waals surface area (Å²) in [6.45, 7) is 0. The van der Waals surface area contributed by atoms with Gasteiger partial charge in [-0.05, 0) is 12.8 Å². The van der Waals surface area contributed by atoms with Gasteiger partial charge in [-0.15, -0.1) is 0 Å². The van der Waals surface area contributed by atoms with Gasteiger partial charge in [0.05, 0.1) is 0 Å². The maximum Gasteiger partial charge on any atom is 0.243 e. The maximum absolute atomic E-state index is 10.9. The summed E-state index contributed by atoms with van der Waals surface area (Å²) in [4.78, 5) is 10.9. The number of unbranched alkanes of at least 4 members (excludes halogenated alkanes) is 26. The topological polar surface area (TPSA) is 49.3 Å². The monoisotopic (exact) mass is 545 g/mol. The van der Waals surface area contributed by atoms with Gasteiger partial charge in [-0.3, -0.25) is 10.0 Å². The molecule has 1 amide bonds. The molecule has 0 atom stereocenters. The van der Waals surface area contributed by atoms with E-state index in [1.807, 2.05) is 0 Å². The highest BCUT2D eigenvalue weighted by Crippen LogP contribution is 2.16. The van der Waals surface area contributed by atoms with Crippen LogP contribution in [0.4, 0.5) is 0 Å². The van der Waals surface area contributed by atoms with E-state index in [2.05, 4.69) is 15.9 Å². The third kappa shape index (κ3) is 29.9. The number of nitrogens with one attached hydrogen (secondary N) is 1. The number of hydrogen-bond acceptors (Lipinski definition) is 2. The quantitative estimate of drug-likeness (QED) is 0.0424. The Bertz CT molecular complexity index is 392. The number of carbonyl (C=O) groups excluding carboxylic acids is 1. The predicted octanol–water partition coefficient (Wildman–Crippen LogP) is 10.8. The van der Waals surface area contributed by atoms with Crippen LogP contribution in [0, 0.1) is 0 Å². The summed E-state index contributed by atoms with van der Waals surface area (Å²) in [6, 6.07) is 0. The van der Waals surface area contributed by atoms with Crippen molar-refractivity contribution in [3.8, 4) is 0 Å². The third-order valence-electron chi connectivity index (χ3n) is 7.16. The van der Waals surface area contributed by atoms with Crippen molar-refractivity contribution in [1.82, 2.24) is 5.48 Å². The highest BCUT2D eigenvalue weighted by atomic mass is 79.9. The summed E-state index contributed by atoms with van der Waals surface area (Å²) in [7, 11) is 0. The fourth-order valence-electron chi connectivity index (χ4n) is 4.86. The van der Waals surface area contributed by atoms with Gasteiger partial charge < -0.3 is 0 Å². The second-order valence-electron chi connectivity index (χ2n) is 10.5. The van der Waals surface area contributed by atoms with Gasteiger partial charge in [0, 0.05) is 11.8 Å². The molecule has 0 spiro atoms. The number of hydroxylamine groups is 1. The highest BCUT2D eigenvalue weighted by molar-refractivity contribution is 9.09.